The third-order valence-corrected chi connectivity index (χ3v) is 4.55. The second kappa shape index (κ2) is 5.38. The van der Waals surface area contributed by atoms with Gasteiger partial charge >= 0.3 is 0 Å². The van der Waals surface area contributed by atoms with E-state index in [1.807, 2.05) is 18.2 Å². The third-order valence-electron chi connectivity index (χ3n) is 3.64. The molecule has 4 rings (SSSR count). The summed E-state index contributed by atoms with van der Waals surface area (Å²) < 4.78 is 1.12. The first-order valence-corrected chi connectivity index (χ1v) is 7.91. The van der Waals surface area contributed by atoms with Gasteiger partial charge in [0, 0.05) is 30.5 Å². The van der Waals surface area contributed by atoms with Gasteiger partial charge in [0.2, 0.25) is 0 Å². The molecule has 0 aromatic carbocycles. The number of hydrogen-bond donors (Lipinski definition) is 2. The van der Waals surface area contributed by atoms with Crippen molar-refractivity contribution in [2.75, 3.05) is 18.4 Å². The average Bonchev–Trinajstić information content (AvgIpc) is 3.19. The van der Waals surface area contributed by atoms with Crippen LogP contribution in [0.1, 0.15) is 6.42 Å². The SMILES string of the molecule is c1cc(-c2nc(N[C@@H]3CCNC3)c3sccc3n2)ccn1. The van der Waals surface area contributed by atoms with Crippen LogP contribution in [0.4, 0.5) is 5.82 Å². The molecule has 0 aliphatic carbocycles. The minimum Gasteiger partial charge on any atom is -0.365 e. The fourth-order valence-corrected chi connectivity index (χ4v) is 3.35. The highest BCUT2D eigenvalue weighted by Crippen LogP contribution is 2.29. The Kier molecular flexibility index (Phi) is 3.25. The topological polar surface area (TPSA) is 62.7 Å². The summed E-state index contributed by atoms with van der Waals surface area (Å²) in [5.41, 5.74) is 1.99. The van der Waals surface area contributed by atoms with Gasteiger partial charge in [-0.3, -0.25) is 4.98 Å². The van der Waals surface area contributed by atoms with Gasteiger partial charge in [-0.05, 0) is 36.5 Å². The van der Waals surface area contributed by atoms with E-state index in [-0.39, 0.29) is 0 Å². The maximum absolute atomic E-state index is 4.74. The number of anilines is 1. The summed E-state index contributed by atoms with van der Waals surface area (Å²) in [6.45, 7) is 2.05. The Hall–Kier alpha value is -2.05. The Morgan fingerprint density at radius 3 is 2.90 bits per heavy atom. The van der Waals surface area contributed by atoms with E-state index in [1.54, 1.807) is 23.7 Å². The van der Waals surface area contributed by atoms with Crippen LogP contribution < -0.4 is 10.6 Å². The van der Waals surface area contributed by atoms with E-state index in [9.17, 15) is 0 Å². The second-order valence-electron chi connectivity index (χ2n) is 5.10. The van der Waals surface area contributed by atoms with Crippen LogP contribution in [-0.2, 0) is 0 Å². The van der Waals surface area contributed by atoms with Crippen molar-refractivity contribution >= 4 is 27.4 Å². The van der Waals surface area contributed by atoms with Crippen molar-refractivity contribution in [3.8, 4) is 11.4 Å². The highest BCUT2D eigenvalue weighted by molar-refractivity contribution is 7.17. The molecule has 3 aromatic heterocycles. The number of hydrogen-bond acceptors (Lipinski definition) is 6. The summed E-state index contributed by atoms with van der Waals surface area (Å²) in [5, 5.41) is 8.99. The lowest BCUT2D eigenvalue weighted by atomic mass is 10.2. The zero-order valence-corrected chi connectivity index (χ0v) is 12.2. The largest absolute Gasteiger partial charge is 0.365 e. The van der Waals surface area contributed by atoms with Gasteiger partial charge in [-0.2, -0.15) is 0 Å². The predicted octanol–water partition coefficient (Wildman–Crippen LogP) is 2.53. The van der Waals surface area contributed by atoms with Gasteiger partial charge < -0.3 is 10.6 Å². The first kappa shape index (κ1) is 12.7. The summed E-state index contributed by atoms with van der Waals surface area (Å²) in [6, 6.07) is 6.36. The van der Waals surface area contributed by atoms with Gasteiger partial charge in [-0.25, -0.2) is 9.97 Å². The molecule has 0 saturated carbocycles. The molecule has 0 bridgehead atoms. The van der Waals surface area contributed by atoms with Crippen LogP contribution in [0.25, 0.3) is 21.6 Å². The molecule has 5 nitrogen and oxygen atoms in total. The summed E-state index contributed by atoms with van der Waals surface area (Å²) >= 11 is 1.68. The van der Waals surface area contributed by atoms with Crippen LogP contribution in [0.5, 0.6) is 0 Å². The summed E-state index contributed by atoms with van der Waals surface area (Å²) in [7, 11) is 0. The predicted molar refractivity (Wildman–Crippen MR) is 85.5 cm³/mol. The smallest absolute Gasteiger partial charge is 0.162 e. The van der Waals surface area contributed by atoms with Crippen molar-refractivity contribution in [2.45, 2.75) is 12.5 Å². The van der Waals surface area contributed by atoms with E-state index in [0.717, 1.165) is 46.9 Å². The number of fused-ring (bicyclic) bond motifs is 1. The molecule has 1 atom stereocenters. The van der Waals surface area contributed by atoms with Gasteiger partial charge in [0.1, 0.15) is 5.82 Å². The number of pyridine rings is 1. The fraction of sp³-hybridized carbons (Fsp3) is 0.267. The quantitative estimate of drug-likeness (QED) is 0.778. The molecule has 0 amide bonds. The number of nitrogens with zero attached hydrogens (tertiary/aromatic N) is 3. The van der Waals surface area contributed by atoms with Crippen LogP contribution in [0.2, 0.25) is 0 Å². The van der Waals surface area contributed by atoms with Gasteiger partial charge in [-0.1, -0.05) is 0 Å². The van der Waals surface area contributed by atoms with Gasteiger partial charge in [0.25, 0.3) is 0 Å². The first-order valence-electron chi connectivity index (χ1n) is 7.03. The van der Waals surface area contributed by atoms with Crippen molar-refractivity contribution in [2.24, 2.45) is 0 Å². The molecule has 106 valence electrons. The molecule has 4 heterocycles. The van der Waals surface area contributed by atoms with Gasteiger partial charge in [-0.15, -0.1) is 11.3 Å². The van der Waals surface area contributed by atoms with E-state index < -0.39 is 0 Å². The Morgan fingerprint density at radius 2 is 2.10 bits per heavy atom. The molecule has 1 aliphatic heterocycles. The minimum absolute atomic E-state index is 0.440. The highest BCUT2D eigenvalue weighted by Gasteiger charge is 2.17. The molecule has 2 N–H and O–H groups in total. The molecule has 3 aromatic rings. The maximum atomic E-state index is 4.74. The first-order chi connectivity index (χ1) is 10.4. The number of rotatable bonds is 3. The zero-order chi connectivity index (χ0) is 14.1. The molecule has 0 spiro atoms. The third kappa shape index (κ3) is 2.48. The van der Waals surface area contributed by atoms with Crippen LogP contribution in [0.3, 0.4) is 0 Å². The minimum atomic E-state index is 0.440. The van der Waals surface area contributed by atoms with Crippen molar-refractivity contribution in [1.82, 2.24) is 20.3 Å². The Balaban J connectivity index is 1.78. The molecule has 0 unspecified atom stereocenters. The van der Waals surface area contributed by atoms with Gasteiger partial charge in [0.15, 0.2) is 5.82 Å². The summed E-state index contributed by atoms with van der Waals surface area (Å²) in [6.07, 6.45) is 4.66. The normalized spacial score (nSPS) is 18.2. The van der Waals surface area contributed by atoms with Gasteiger partial charge in [0.05, 0.1) is 10.2 Å². The highest BCUT2D eigenvalue weighted by atomic mass is 32.1. The second-order valence-corrected chi connectivity index (χ2v) is 6.02. The maximum Gasteiger partial charge on any atom is 0.162 e. The number of aromatic nitrogens is 3. The average molecular weight is 297 g/mol. The van der Waals surface area contributed by atoms with E-state index in [4.69, 9.17) is 4.98 Å². The molecular formula is C15H15N5S. The van der Waals surface area contributed by atoms with E-state index >= 15 is 0 Å². The number of thiophene rings is 1. The Labute approximate surface area is 126 Å². The Morgan fingerprint density at radius 1 is 1.19 bits per heavy atom. The summed E-state index contributed by atoms with van der Waals surface area (Å²) in [5.74, 6) is 1.69. The Bertz CT molecular complexity index is 749. The van der Waals surface area contributed by atoms with Crippen molar-refractivity contribution in [3.63, 3.8) is 0 Å². The van der Waals surface area contributed by atoms with Crippen molar-refractivity contribution in [1.29, 1.82) is 0 Å². The van der Waals surface area contributed by atoms with Crippen LogP contribution in [0.15, 0.2) is 36.0 Å². The fourth-order valence-electron chi connectivity index (χ4n) is 2.56. The van der Waals surface area contributed by atoms with Crippen LogP contribution in [0, 0.1) is 0 Å². The molecule has 6 heteroatoms. The zero-order valence-electron chi connectivity index (χ0n) is 11.4. The standard InChI is InChI=1S/C15H15N5S/c1-5-16-6-2-10(1)14-19-12-4-8-21-13(12)15(20-14)18-11-3-7-17-9-11/h1-2,4-6,8,11,17H,3,7,9H2,(H,18,19,20)/t11-/m1/s1. The lowest BCUT2D eigenvalue weighted by Crippen LogP contribution is -2.22. The molecule has 1 fully saturated rings. The van der Waals surface area contributed by atoms with Crippen LogP contribution in [-0.4, -0.2) is 34.1 Å². The van der Waals surface area contributed by atoms with E-state index in [1.165, 1.54) is 0 Å². The van der Waals surface area contributed by atoms with E-state index in [0.29, 0.717) is 6.04 Å². The molecule has 0 radical (unpaired) electrons. The molecular weight excluding hydrogens is 282 g/mol. The lowest BCUT2D eigenvalue weighted by Gasteiger charge is -2.13. The van der Waals surface area contributed by atoms with E-state index in [2.05, 4.69) is 26.0 Å². The number of nitrogens with one attached hydrogen (secondary N) is 2. The molecule has 1 aliphatic rings. The lowest BCUT2D eigenvalue weighted by molar-refractivity contribution is 0.789. The monoisotopic (exact) mass is 297 g/mol. The van der Waals surface area contributed by atoms with Crippen molar-refractivity contribution in [3.05, 3.63) is 36.0 Å². The molecule has 21 heavy (non-hydrogen) atoms. The molecule has 1 saturated heterocycles. The summed E-state index contributed by atoms with van der Waals surface area (Å²) in [4.78, 5) is 13.4. The van der Waals surface area contributed by atoms with Crippen LogP contribution >= 0.6 is 11.3 Å². The van der Waals surface area contributed by atoms with Crippen molar-refractivity contribution < 1.29 is 0 Å².